The van der Waals surface area contributed by atoms with Crippen LogP contribution in [0.25, 0.3) is 10.9 Å². The topological polar surface area (TPSA) is 104 Å². The molecule has 2 heterocycles. The van der Waals surface area contributed by atoms with Gasteiger partial charge in [0.2, 0.25) is 0 Å². The summed E-state index contributed by atoms with van der Waals surface area (Å²) in [5.74, 6) is -2.16. The molecule has 184 valence electrons. The number of amides is 1. The number of hydrogen-bond donors (Lipinski definition) is 1. The largest absolute Gasteiger partial charge is 0.453 e. The number of Topliss-reactive ketones (excluding diaryl/α,β-unsaturated/α-hetero) is 1. The molecule has 0 saturated carbocycles. The van der Waals surface area contributed by atoms with E-state index in [0.717, 1.165) is 23.6 Å². The third-order valence-corrected chi connectivity index (χ3v) is 6.48. The summed E-state index contributed by atoms with van der Waals surface area (Å²) in [5, 5.41) is 0.336. The Morgan fingerprint density at radius 1 is 1.11 bits per heavy atom. The highest BCUT2D eigenvalue weighted by Crippen LogP contribution is 2.32. The van der Waals surface area contributed by atoms with E-state index in [1.807, 2.05) is 29.7 Å². The molecule has 2 aromatic heterocycles. The minimum atomic E-state index is -0.846. The van der Waals surface area contributed by atoms with Gasteiger partial charge in [-0.3, -0.25) is 14.4 Å². The van der Waals surface area contributed by atoms with Crippen molar-refractivity contribution < 1.29 is 18.7 Å². The van der Waals surface area contributed by atoms with Gasteiger partial charge in [-0.2, -0.15) is 0 Å². The number of halogens is 2. The van der Waals surface area contributed by atoms with Crippen LogP contribution in [0, 0.1) is 12.7 Å². The monoisotopic (exact) mass is 507 g/mol. The Morgan fingerprint density at radius 3 is 2.50 bits per heavy atom. The number of fused-ring (bicyclic) bond motifs is 1. The first kappa shape index (κ1) is 25.1. The maximum Gasteiger partial charge on any atom is 0.268 e. The lowest BCUT2D eigenvalue weighted by Gasteiger charge is -2.15. The molecule has 36 heavy (non-hydrogen) atoms. The fraction of sp³-hybridized carbons (Fsp3) is 0.185. The second-order valence-corrected chi connectivity index (χ2v) is 8.73. The van der Waals surface area contributed by atoms with E-state index < -0.39 is 17.5 Å². The Hall–Kier alpha value is -4.04. The number of hydrogen-bond acceptors (Lipinski definition) is 5. The van der Waals surface area contributed by atoms with Crippen molar-refractivity contribution in [1.29, 1.82) is 0 Å². The van der Waals surface area contributed by atoms with Crippen molar-refractivity contribution >= 4 is 34.2 Å². The molecule has 0 unspecified atom stereocenters. The Labute approximate surface area is 211 Å². The summed E-state index contributed by atoms with van der Waals surface area (Å²) in [5.41, 5.74) is 7.43. The van der Waals surface area contributed by atoms with Crippen molar-refractivity contribution in [1.82, 2.24) is 9.55 Å². The van der Waals surface area contributed by atoms with Crippen LogP contribution in [0.5, 0.6) is 11.5 Å². The molecule has 2 N–H and O–H groups in total. The lowest BCUT2D eigenvalue weighted by atomic mass is 9.98. The Bertz CT molecular complexity index is 1600. The molecule has 0 aliphatic rings. The highest BCUT2D eigenvalue weighted by Gasteiger charge is 2.21. The smallest absolute Gasteiger partial charge is 0.268 e. The van der Waals surface area contributed by atoms with E-state index in [2.05, 4.69) is 4.98 Å². The molecule has 0 radical (unpaired) electrons. The molecule has 0 fully saturated rings. The summed E-state index contributed by atoms with van der Waals surface area (Å²) >= 11 is 6.09. The molecule has 0 saturated heterocycles. The number of carbonyl (C=O) groups is 2. The summed E-state index contributed by atoms with van der Waals surface area (Å²) in [6.07, 6.45) is 1.86. The molecule has 7 nitrogen and oxygen atoms in total. The van der Waals surface area contributed by atoms with Gasteiger partial charge in [-0.25, -0.2) is 9.37 Å². The maximum absolute atomic E-state index is 14.8. The summed E-state index contributed by atoms with van der Waals surface area (Å²) in [7, 11) is 1.80. The standard InChI is InChI=1S/C27H23ClFN3O4/c1-4-15-5-7-19-17(11-15)26(34)23(14(2)32(19)3)20(33)13-16-6-8-21(18(29)12-16)36-22-9-10-31-25(24(22)28)27(30)35/h5-12H,4,13H2,1-3H3,(H2,30,35). The highest BCUT2D eigenvalue weighted by atomic mass is 35.5. The molecule has 0 aliphatic heterocycles. The second kappa shape index (κ2) is 9.91. The van der Waals surface area contributed by atoms with Crippen LogP contribution in [0.4, 0.5) is 4.39 Å². The summed E-state index contributed by atoms with van der Waals surface area (Å²) < 4.78 is 22.2. The van der Waals surface area contributed by atoms with Crippen LogP contribution in [0.1, 0.15) is 44.6 Å². The van der Waals surface area contributed by atoms with Crippen molar-refractivity contribution in [2.75, 3.05) is 0 Å². The van der Waals surface area contributed by atoms with Crippen LogP contribution >= 0.6 is 11.6 Å². The normalized spacial score (nSPS) is 11.0. The number of ketones is 1. The van der Waals surface area contributed by atoms with Gasteiger partial charge in [0.05, 0.1) is 11.1 Å². The zero-order chi connectivity index (χ0) is 26.1. The first-order valence-electron chi connectivity index (χ1n) is 11.2. The highest BCUT2D eigenvalue weighted by molar-refractivity contribution is 6.34. The number of primary amides is 1. The van der Waals surface area contributed by atoms with Crippen LogP contribution in [-0.2, 0) is 19.9 Å². The Balaban J connectivity index is 1.64. The molecule has 4 rings (SSSR count). The molecule has 0 aliphatic carbocycles. The van der Waals surface area contributed by atoms with Crippen molar-refractivity contribution in [2.24, 2.45) is 12.8 Å². The number of ether oxygens (including phenoxy) is 1. The SMILES string of the molecule is CCc1ccc2c(c1)c(=O)c(C(=O)Cc1ccc(Oc3ccnc(C(N)=O)c3Cl)c(F)c1)c(C)n2C. The van der Waals surface area contributed by atoms with Gasteiger partial charge in [0.25, 0.3) is 5.91 Å². The number of nitrogens with two attached hydrogens (primary N) is 1. The number of aryl methyl sites for hydroxylation is 2. The van der Waals surface area contributed by atoms with Gasteiger partial charge < -0.3 is 15.0 Å². The van der Waals surface area contributed by atoms with Gasteiger partial charge in [0, 0.05) is 36.8 Å². The molecule has 1 amide bonds. The number of pyridine rings is 2. The minimum Gasteiger partial charge on any atom is -0.453 e. The summed E-state index contributed by atoms with van der Waals surface area (Å²) in [6.45, 7) is 3.71. The molecule has 0 atom stereocenters. The van der Waals surface area contributed by atoms with Crippen LogP contribution in [-0.4, -0.2) is 21.2 Å². The lowest BCUT2D eigenvalue weighted by molar-refractivity contribution is 0.0984. The summed E-state index contributed by atoms with van der Waals surface area (Å²) in [4.78, 5) is 41.7. The Kier molecular flexibility index (Phi) is 6.90. The molecule has 9 heteroatoms. The number of benzene rings is 2. The molecular weight excluding hydrogens is 485 g/mol. The minimum absolute atomic E-state index is 0.00456. The number of rotatable bonds is 7. The van der Waals surface area contributed by atoms with Crippen molar-refractivity contribution in [2.45, 2.75) is 26.7 Å². The average Bonchev–Trinajstić information content (AvgIpc) is 2.85. The van der Waals surface area contributed by atoms with E-state index in [1.165, 1.54) is 24.4 Å². The molecular formula is C27H23ClFN3O4. The van der Waals surface area contributed by atoms with E-state index in [4.69, 9.17) is 22.1 Å². The first-order chi connectivity index (χ1) is 17.1. The number of carbonyl (C=O) groups excluding carboxylic acids is 2. The predicted octanol–water partition coefficient (Wildman–Crippen LogP) is 4.91. The molecule has 0 bridgehead atoms. The van der Waals surface area contributed by atoms with Gasteiger partial charge in [-0.15, -0.1) is 0 Å². The van der Waals surface area contributed by atoms with E-state index in [9.17, 15) is 18.8 Å². The van der Waals surface area contributed by atoms with Crippen LogP contribution in [0.2, 0.25) is 5.02 Å². The number of nitrogens with zero attached hydrogens (tertiary/aromatic N) is 2. The van der Waals surface area contributed by atoms with Crippen molar-refractivity contribution in [3.8, 4) is 11.5 Å². The Morgan fingerprint density at radius 2 is 1.83 bits per heavy atom. The fourth-order valence-corrected chi connectivity index (χ4v) is 4.30. The number of aromatic nitrogens is 2. The first-order valence-corrected chi connectivity index (χ1v) is 11.6. The zero-order valence-corrected chi connectivity index (χ0v) is 20.6. The lowest BCUT2D eigenvalue weighted by Crippen LogP contribution is -2.23. The fourth-order valence-electron chi connectivity index (χ4n) is 4.06. The predicted molar refractivity (Wildman–Crippen MR) is 136 cm³/mol. The second-order valence-electron chi connectivity index (χ2n) is 8.36. The zero-order valence-electron chi connectivity index (χ0n) is 19.9. The van der Waals surface area contributed by atoms with Gasteiger partial charge in [-0.1, -0.05) is 30.7 Å². The van der Waals surface area contributed by atoms with E-state index in [1.54, 1.807) is 14.0 Å². The van der Waals surface area contributed by atoms with Crippen molar-refractivity contribution in [3.05, 3.63) is 97.8 Å². The van der Waals surface area contributed by atoms with Gasteiger partial charge >= 0.3 is 0 Å². The summed E-state index contributed by atoms with van der Waals surface area (Å²) in [6, 6.07) is 11.1. The van der Waals surface area contributed by atoms with Gasteiger partial charge in [-0.05, 0) is 48.7 Å². The maximum atomic E-state index is 14.8. The average molecular weight is 508 g/mol. The molecule has 4 aromatic rings. The van der Waals surface area contributed by atoms with Crippen LogP contribution in [0.3, 0.4) is 0 Å². The quantitative estimate of drug-likeness (QED) is 0.358. The molecule has 0 spiro atoms. The van der Waals surface area contributed by atoms with E-state index >= 15 is 0 Å². The van der Waals surface area contributed by atoms with Gasteiger partial charge in [0.1, 0.15) is 16.5 Å². The molecule has 2 aromatic carbocycles. The van der Waals surface area contributed by atoms with Crippen LogP contribution < -0.4 is 15.9 Å². The van der Waals surface area contributed by atoms with E-state index in [-0.39, 0.29) is 39.6 Å². The van der Waals surface area contributed by atoms with Crippen LogP contribution in [0.15, 0.2) is 53.5 Å². The van der Waals surface area contributed by atoms with Crippen molar-refractivity contribution in [3.63, 3.8) is 0 Å². The third-order valence-electron chi connectivity index (χ3n) is 6.11. The third kappa shape index (κ3) is 4.59. The van der Waals surface area contributed by atoms with Gasteiger partial charge in [0.15, 0.2) is 22.8 Å². The van der Waals surface area contributed by atoms with E-state index in [0.29, 0.717) is 16.6 Å².